The molecule has 0 aliphatic carbocycles. The molecular weight excluding hydrogens is 328 g/mol. The monoisotopic (exact) mass is 340 g/mol. The summed E-state index contributed by atoms with van der Waals surface area (Å²) in [5.74, 6) is -1.44. The molecule has 0 saturated carbocycles. The maximum atomic E-state index is 12.2. The summed E-state index contributed by atoms with van der Waals surface area (Å²) in [5.41, 5.74) is -0.520. The Hall–Kier alpha value is -1.99. The third-order valence-electron chi connectivity index (χ3n) is 3.00. The van der Waals surface area contributed by atoms with E-state index in [9.17, 15) is 18.0 Å². The Morgan fingerprint density at radius 3 is 2.50 bits per heavy atom. The highest BCUT2D eigenvalue weighted by Crippen LogP contribution is 2.12. The molecule has 0 aliphatic rings. The van der Waals surface area contributed by atoms with E-state index in [0.717, 1.165) is 0 Å². The first kappa shape index (κ1) is 16.4. The van der Waals surface area contributed by atoms with Crippen molar-refractivity contribution >= 4 is 27.2 Å². The van der Waals surface area contributed by atoms with Crippen LogP contribution in [0.15, 0.2) is 46.5 Å². The molecule has 0 bridgehead atoms. The van der Waals surface area contributed by atoms with Crippen molar-refractivity contribution < 1.29 is 13.2 Å². The molecular formula is C14H13ClN2O4S. The molecule has 0 saturated heterocycles. The minimum atomic E-state index is -4.11. The van der Waals surface area contributed by atoms with Crippen LogP contribution in [0.25, 0.3) is 0 Å². The fourth-order valence-corrected chi connectivity index (χ4v) is 3.23. The quantitative estimate of drug-likeness (QED) is 0.771. The lowest BCUT2D eigenvalue weighted by atomic mass is 10.1. The van der Waals surface area contributed by atoms with Crippen molar-refractivity contribution in [2.24, 2.45) is 0 Å². The number of carbonyl (C=O) groups is 1. The van der Waals surface area contributed by atoms with E-state index in [0.29, 0.717) is 11.6 Å². The number of aromatic nitrogens is 2. The molecule has 2 rings (SSSR count). The summed E-state index contributed by atoms with van der Waals surface area (Å²) in [6, 6.07) is 5.85. The molecule has 8 heteroatoms. The van der Waals surface area contributed by atoms with Crippen LogP contribution in [0.2, 0.25) is 5.02 Å². The number of ketones is 1. The summed E-state index contributed by atoms with van der Waals surface area (Å²) < 4.78 is 25.7. The van der Waals surface area contributed by atoms with Gasteiger partial charge in [-0.3, -0.25) is 9.59 Å². The summed E-state index contributed by atoms with van der Waals surface area (Å²) in [5, 5.41) is -0.172. The molecule has 0 aliphatic heterocycles. The molecule has 0 atom stereocenters. The van der Waals surface area contributed by atoms with Crippen LogP contribution in [0, 0.1) is 0 Å². The van der Waals surface area contributed by atoms with Gasteiger partial charge < -0.3 is 4.57 Å². The number of Topliss-reactive ketones (excluding diaryl/α,β-unsaturated/α-hetero) is 1. The number of nitrogens with zero attached hydrogens (tertiary/aromatic N) is 2. The zero-order chi connectivity index (χ0) is 16.3. The van der Waals surface area contributed by atoms with Crippen LogP contribution in [0.1, 0.15) is 17.3 Å². The fraction of sp³-hybridized carbons (Fsp3) is 0.214. The van der Waals surface area contributed by atoms with Gasteiger partial charge >= 0.3 is 0 Å². The number of sulfone groups is 1. The van der Waals surface area contributed by atoms with Gasteiger partial charge in [-0.2, -0.15) is 0 Å². The van der Waals surface area contributed by atoms with Gasteiger partial charge in [-0.1, -0.05) is 11.6 Å². The second kappa shape index (κ2) is 6.41. The Labute approximate surface area is 132 Å². The van der Waals surface area contributed by atoms with Crippen molar-refractivity contribution in [2.75, 3.05) is 5.75 Å². The third-order valence-corrected chi connectivity index (χ3v) is 4.77. The molecule has 0 unspecified atom stereocenters. The van der Waals surface area contributed by atoms with Crippen LogP contribution in [0.5, 0.6) is 0 Å². The molecule has 0 fully saturated rings. The number of halogens is 1. The lowest BCUT2D eigenvalue weighted by Crippen LogP contribution is -2.29. The minimum absolute atomic E-state index is 0.208. The lowest BCUT2D eigenvalue weighted by molar-refractivity contribution is 0.102. The van der Waals surface area contributed by atoms with Crippen molar-refractivity contribution in [1.82, 2.24) is 9.55 Å². The fourth-order valence-electron chi connectivity index (χ4n) is 1.85. The van der Waals surface area contributed by atoms with Gasteiger partial charge in [0.05, 0.1) is 0 Å². The molecule has 2 aromatic rings. The molecule has 6 nitrogen and oxygen atoms in total. The predicted octanol–water partition coefficient (Wildman–Crippen LogP) is 1.57. The molecule has 0 radical (unpaired) electrons. The van der Waals surface area contributed by atoms with E-state index in [4.69, 9.17) is 11.6 Å². The zero-order valence-corrected chi connectivity index (χ0v) is 13.3. The van der Waals surface area contributed by atoms with Crippen molar-refractivity contribution in [2.45, 2.75) is 18.5 Å². The van der Waals surface area contributed by atoms with E-state index < -0.39 is 32.0 Å². The van der Waals surface area contributed by atoms with Gasteiger partial charge in [-0.05, 0) is 31.2 Å². The molecule has 1 aromatic carbocycles. The van der Waals surface area contributed by atoms with Gasteiger partial charge in [0.25, 0.3) is 5.56 Å². The molecule has 0 amide bonds. The molecule has 22 heavy (non-hydrogen) atoms. The number of carbonyl (C=O) groups excluding carboxylic acids is 1. The summed E-state index contributed by atoms with van der Waals surface area (Å²) in [6.45, 7) is 2.02. The Balaban J connectivity index is 2.34. The first-order chi connectivity index (χ1) is 10.3. The van der Waals surface area contributed by atoms with E-state index in [-0.39, 0.29) is 5.56 Å². The molecule has 1 aromatic heterocycles. The van der Waals surface area contributed by atoms with Crippen molar-refractivity contribution in [3.8, 4) is 0 Å². The van der Waals surface area contributed by atoms with Crippen LogP contribution < -0.4 is 5.56 Å². The molecule has 0 N–H and O–H groups in total. The lowest BCUT2D eigenvalue weighted by Gasteiger charge is -2.06. The summed E-state index contributed by atoms with van der Waals surface area (Å²) in [4.78, 5) is 27.7. The number of rotatable bonds is 5. The van der Waals surface area contributed by atoms with Crippen LogP contribution in [0.3, 0.4) is 0 Å². The highest BCUT2D eigenvalue weighted by molar-refractivity contribution is 7.92. The molecule has 116 valence electrons. The van der Waals surface area contributed by atoms with Gasteiger partial charge in [0.1, 0.15) is 5.75 Å². The first-order valence-electron chi connectivity index (χ1n) is 6.42. The topological polar surface area (TPSA) is 86.1 Å². The highest BCUT2D eigenvalue weighted by Gasteiger charge is 2.25. The van der Waals surface area contributed by atoms with E-state index in [2.05, 4.69) is 4.98 Å². The normalized spacial score (nSPS) is 11.4. The smallest absolute Gasteiger partial charge is 0.288 e. The second-order valence-corrected chi connectivity index (χ2v) is 6.85. The van der Waals surface area contributed by atoms with Gasteiger partial charge in [-0.25, -0.2) is 13.4 Å². The Kier molecular flexibility index (Phi) is 4.77. The molecule has 0 spiro atoms. The summed E-state index contributed by atoms with van der Waals surface area (Å²) >= 11 is 5.72. The van der Waals surface area contributed by atoms with Gasteiger partial charge in [0, 0.05) is 29.5 Å². The van der Waals surface area contributed by atoms with Crippen LogP contribution in [-0.4, -0.2) is 29.5 Å². The Morgan fingerprint density at radius 2 is 1.91 bits per heavy atom. The Morgan fingerprint density at radius 1 is 1.27 bits per heavy atom. The standard InChI is InChI=1S/C14H13ClN2O4S/c1-2-17-8-7-16-13(14(17)19)22(20,21)9-12(18)10-3-5-11(15)6-4-10/h3-8H,2,9H2,1H3. The van der Waals surface area contributed by atoms with Crippen LogP contribution in [0.4, 0.5) is 0 Å². The maximum absolute atomic E-state index is 12.2. The van der Waals surface area contributed by atoms with E-state index in [1.54, 1.807) is 6.92 Å². The number of hydrogen-bond donors (Lipinski definition) is 0. The highest BCUT2D eigenvalue weighted by atomic mass is 35.5. The summed E-state index contributed by atoms with van der Waals surface area (Å²) in [6.07, 6.45) is 2.62. The zero-order valence-electron chi connectivity index (χ0n) is 11.7. The third kappa shape index (κ3) is 3.42. The molecule has 1 heterocycles. The first-order valence-corrected chi connectivity index (χ1v) is 8.45. The Bertz CT molecular complexity index is 857. The average Bonchev–Trinajstić information content (AvgIpc) is 2.47. The summed E-state index contributed by atoms with van der Waals surface area (Å²) in [7, 11) is -4.11. The van der Waals surface area contributed by atoms with E-state index in [1.807, 2.05) is 0 Å². The second-order valence-electron chi connectivity index (χ2n) is 4.51. The van der Waals surface area contributed by atoms with Crippen LogP contribution in [-0.2, 0) is 16.4 Å². The van der Waals surface area contributed by atoms with Gasteiger partial charge in [0.2, 0.25) is 14.9 Å². The average molecular weight is 341 g/mol. The van der Waals surface area contributed by atoms with Crippen molar-refractivity contribution in [3.63, 3.8) is 0 Å². The maximum Gasteiger partial charge on any atom is 0.288 e. The van der Waals surface area contributed by atoms with Crippen molar-refractivity contribution in [1.29, 1.82) is 0 Å². The predicted molar refractivity (Wildman–Crippen MR) is 82.0 cm³/mol. The minimum Gasteiger partial charge on any atom is -0.312 e. The van der Waals surface area contributed by atoms with E-state index in [1.165, 1.54) is 41.2 Å². The number of hydrogen-bond acceptors (Lipinski definition) is 5. The number of aryl methyl sites for hydroxylation is 1. The van der Waals surface area contributed by atoms with E-state index >= 15 is 0 Å². The van der Waals surface area contributed by atoms with Crippen LogP contribution >= 0.6 is 11.6 Å². The van der Waals surface area contributed by atoms with Gasteiger partial charge in [0.15, 0.2) is 5.78 Å². The van der Waals surface area contributed by atoms with Gasteiger partial charge in [-0.15, -0.1) is 0 Å². The largest absolute Gasteiger partial charge is 0.312 e. The van der Waals surface area contributed by atoms with Crippen molar-refractivity contribution in [3.05, 3.63) is 57.6 Å². The SMILES string of the molecule is CCn1ccnc(S(=O)(=O)CC(=O)c2ccc(Cl)cc2)c1=O. The number of benzene rings is 1.